The molecular weight excluding hydrogens is 545 g/mol. The Labute approximate surface area is 232 Å². The summed E-state index contributed by atoms with van der Waals surface area (Å²) in [6.45, 7) is 0.490. The zero-order chi connectivity index (χ0) is 27.2. The summed E-state index contributed by atoms with van der Waals surface area (Å²) in [6.07, 6.45) is 5.32. The number of carbonyl (C=O) groups is 1. The fourth-order valence-electron chi connectivity index (χ4n) is 5.68. The molecule has 3 aromatic rings. The molecule has 0 aromatic heterocycles. The van der Waals surface area contributed by atoms with Gasteiger partial charge in [0.1, 0.15) is 4.90 Å². The summed E-state index contributed by atoms with van der Waals surface area (Å²) < 4.78 is 29.8. The van der Waals surface area contributed by atoms with E-state index in [1.807, 2.05) is 35.2 Å². The molecule has 0 unspecified atom stereocenters. The Morgan fingerprint density at radius 2 is 1.68 bits per heavy atom. The molecule has 2 aliphatic rings. The zero-order valence-corrected chi connectivity index (χ0v) is 23.2. The molecule has 1 aliphatic carbocycles. The van der Waals surface area contributed by atoms with Crippen LogP contribution in [0.15, 0.2) is 59.5 Å². The highest BCUT2D eigenvalue weighted by Gasteiger charge is 2.41. The molecule has 1 atom stereocenters. The molecule has 1 heterocycles. The summed E-state index contributed by atoms with van der Waals surface area (Å²) in [5, 5.41) is 9.93. The Morgan fingerprint density at radius 1 is 1.00 bits per heavy atom. The van der Waals surface area contributed by atoms with E-state index in [0.29, 0.717) is 23.4 Å². The van der Waals surface area contributed by atoms with Gasteiger partial charge in [-0.3, -0.25) is 0 Å². The van der Waals surface area contributed by atoms with Crippen LogP contribution in [0.3, 0.4) is 0 Å². The molecule has 3 N–H and O–H groups in total. The topological polar surface area (TPSA) is 104 Å². The first kappa shape index (κ1) is 26.8. The Bertz CT molecular complexity index is 1490. The van der Waals surface area contributed by atoms with E-state index < -0.39 is 16.0 Å². The monoisotopic (exact) mass is 573 g/mol. The van der Waals surface area contributed by atoms with Crippen molar-refractivity contribution >= 4 is 56.3 Å². The van der Waals surface area contributed by atoms with Gasteiger partial charge >= 0.3 is 5.97 Å². The van der Waals surface area contributed by atoms with E-state index in [2.05, 4.69) is 0 Å². The molecule has 0 saturated heterocycles. The minimum Gasteiger partial charge on any atom is -0.478 e. The summed E-state index contributed by atoms with van der Waals surface area (Å²) in [5.74, 6) is -0.997. The van der Waals surface area contributed by atoms with Gasteiger partial charge in [0.25, 0.3) is 0 Å². The van der Waals surface area contributed by atoms with Crippen molar-refractivity contribution in [2.45, 2.75) is 43.0 Å². The van der Waals surface area contributed by atoms with Gasteiger partial charge in [0.05, 0.1) is 27.0 Å². The number of carboxylic acid groups (broad SMARTS) is 1. The van der Waals surface area contributed by atoms with Gasteiger partial charge in [0.15, 0.2) is 0 Å². The number of hydrogen-bond acceptors (Lipinski definition) is 5. The average molecular weight is 575 g/mol. The van der Waals surface area contributed by atoms with Crippen LogP contribution in [0.5, 0.6) is 0 Å². The van der Waals surface area contributed by atoms with Gasteiger partial charge in [-0.25, -0.2) is 13.2 Å². The summed E-state index contributed by atoms with van der Waals surface area (Å²) >= 11 is 13.0. The predicted molar refractivity (Wildman–Crippen MR) is 152 cm³/mol. The first-order chi connectivity index (χ1) is 18.1. The lowest BCUT2D eigenvalue weighted by molar-refractivity contribution is 0.0698. The second kappa shape index (κ2) is 10.4. The van der Waals surface area contributed by atoms with Gasteiger partial charge < -0.3 is 15.7 Å². The molecule has 3 aromatic carbocycles. The van der Waals surface area contributed by atoms with Gasteiger partial charge in [-0.05, 0) is 60.7 Å². The number of carboxylic acids is 1. The number of nitrogens with zero attached hydrogens (tertiary/aromatic N) is 2. The lowest BCUT2D eigenvalue weighted by atomic mass is 9.83. The van der Waals surface area contributed by atoms with Crippen LogP contribution in [0, 0.1) is 5.92 Å². The van der Waals surface area contributed by atoms with Crippen molar-refractivity contribution in [3.63, 3.8) is 0 Å². The summed E-state index contributed by atoms with van der Waals surface area (Å²) in [7, 11) is -2.27. The number of benzene rings is 3. The van der Waals surface area contributed by atoms with Crippen molar-refractivity contribution in [2.75, 3.05) is 24.2 Å². The number of nitrogens with two attached hydrogens (primary N) is 1. The van der Waals surface area contributed by atoms with Crippen LogP contribution in [0.1, 0.15) is 42.5 Å². The van der Waals surface area contributed by atoms with Crippen molar-refractivity contribution in [1.29, 1.82) is 0 Å². The third-order valence-corrected chi connectivity index (χ3v) is 10.3. The largest absolute Gasteiger partial charge is 0.478 e. The molecule has 1 saturated carbocycles. The number of fused-ring (bicyclic) bond motifs is 1. The van der Waals surface area contributed by atoms with Crippen LogP contribution in [0.4, 0.5) is 17.1 Å². The molecule has 1 fully saturated rings. The molecule has 1 aliphatic heterocycles. The average Bonchev–Trinajstić information content (AvgIpc) is 2.98. The normalized spacial score (nSPS) is 20.1. The lowest BCUT2D eigenvalue weighted by Gasteiger charge is -2.36. The summed E-state index contributed by atoms with van der Waals surface area (Å²) in [5.41, 5.74) is 7.71. The standard InChI is InChI=1S/C28H29Cl2N3O4S/c1-32-25(17-8-4-2-5-9-17)16-33(19-10-6-3-7-11-19)24-15-22(29)20(14-26(24)38(32,36)37)18-12-21(28(34)35)27(31)23(30)13-18/h3,6-7,10-15,17,25H,2,4-5,8-9,16,31H2,1H3,(H,34,35)/t25-/m0/s1. The first-order valence-electron chi connectivity index (χ1n) is 12.6. The lowest BCUT2D eigenvalue weighted by Crippen LogP contribution is -2.46. The molecule has 10 heteroatoms. The van der Waals surface area contributed by atoms with E-state index in [1.165, 1.54) is 28.9 Å². The first-order valence-corrected chi connectivity index (χ1v) is 14.8. The number of para-hydroxylation sites is 1. The Morgan fingerprint density at radius 3 is 2.34 bits per heavy atom. The highest BCUT2D eigenvalue weighted by Crippen LogP contribution is 2.45. The number of rotatable bonds is 4. The third kappa shape index (κ3) is 4.75. The van der Waals surface area contributed by atoms with Gasteiger partial charge in [-0.15, -0.1) is 0 Å². The second-order valence-electron chi connectivity index (χ2n) is 9.96. The molecular formula is C28H29Cl2N3O4S. The number of anilines is 3. The maximum atomic E-state index is 14.2. The van der Waals surface area contributed by atoms with E-state index in [0.717, 1.165) is 31.4 Å². The molecule has 200 valence electrons. The number of aromatic carboxylic acids is 1. The number of nitrogen functional groups attached to an aromatic ring is 1. The van der Waals surface area contributed by atoms with Crippen LogP contribution in [0.25, 0.3) is 11.1 Å². The van der Waals surface area contributed by atoms with Crippen molar-refractivity contribution in [3.05, 3.63) is 70.2 Å². The third-order valence-electron chi connectivity index (χ3n) is 7.77. The maximum absolute atomic E-state index is 14.2. The number of hydrogen-bond donors (Lipinski definition) is 2. The minimum absolute atomic E-state index is 0.0501. The Kier molecular flexibility index (Phi) is 7.35. The van der Waals surface area contributed by atoms with Gasteiger partial charge in [0.2, 0.25) is 10.0 Å². The molecule has 0 amide bonds. The van der Waals surface area contributed by atoms with Crippen molar-refractivity contribution in [1.82, 2.24) is 4.31 Å². The van der Waals surface area contributed by atoms with Gasteiger partial charge in [-0.2, -0.15) is 4.31 Å². The van der Waals surface area contributed by atoms with Crippen molar-refractivity contribution < 1.29 is 18.3 Å². The van der Waals surface area contributed by atoms with Crippen LogP contribution < -0.4 is 10.6 Å². The molecule has 5 rings (SSSR count). The SMILES string of the molecule is CN1[C@H](C2CCCCC2)CN(c2ccccc2)c2cc(Cl)c(-c3cc(Cl)c(N)c(C(=O)O)c3)cc2S1(=O)=O. The second-order valence-corrected chi connectivity index (χ2v) is 12.7. The fraction of sp³-hybridized carbons (Fsp3) is 0.321. The summed E-state index contributed by atoms with van der Waals surface area (Å²) in [4.78, 5) is 13.9. The smallest absolute Gasteiger partial charge is 0.337 e. The van der Waals surface area contributed by atoms with Crippen LogP contribution in [-0.2, 0) is 10.0 Å². The number of likely N-dealkylation sites (N-methyl/N-ethyl adjacent to an activating group) is 1. The molecule has 0 bridgehead atoms. The molecule has 0 radical (unpaired) electrons. The number of sulfonamides is 1. The van der Waals surface area contributed by atoms with Crippen molar-refractivity contribution in [2.24, 2.45) is 5.92 Å². The quantitative estimate of drug-likeness (QED) is 0.338. The Hall–Kier alpha value is -2.78. The van der Waals surface area contributed by atoms with Crippen LogP contribution in [0.2, 0.25) is 10.0 Å². The maximum Gasteiger partial charge on any atom is 0.337 e. The fourth-order valence-corrected chi connectivity index (χ4v) is 7.78. The van der Waals surface area contributed by atoms with Crippen LogP contribution >= 0.6 is 23.2 Å². The van der Waals surface area contributed by atoms with E-state index in [1.54, 1.807) is 13.1 Å². The highest BCUT2D eigenvalue weighted by molar-refractivity contribution is 7.89. The zero-order valence-electron chi connectivity index (χ0n) is 20.9. The molecule has 0 spiro atoms. The molecule has 38 heavy (non-hydrogen) atoms. The van der Waals surface area contributed by atoms with E-state index in [4.69, 9.17) is 28.9 Å². The molecule has 7 nitrogen and oxygen atoms in total. The minimum atomic E-state index is -3.93. The predicted octanol–water partition coefficient (Wildman–Crippen LogP) is 6.66. The Balaban J connectivity index is 1.73. The van der Waals surface area contributed by atoms with Gasteiger partial charge in [0, 0.05) is 30.9 Å². The van der Waals surface area contributed by atoms with Gasteiger partial charge in [-0.1, -0.05) is 60.7 Å². The van der Waals surface area contributed by atoms with E-state index in [9.17, 15) is 18.3 Å². The van der Waals surface area contributed by atoms with Crippen LogP contribution in [-0.4, -0.2) is 43.4 Å². The van der Waals surface area contributed by atoms with Crippen molar-refractivity contribution in [3.8, 4) is 11.1 Å². The van der Waals surface area contributed by atoms with E-state index >= 15 is 0 Å². The van der Waals surface area contributed by atoms with E-state index in [-0.39, 0.29) is 38.2 Å². The number of halogens is 2. The highest BCUT2D eigenvalue weighted by atomic mass is 35.5. The summed E-state index contributed by atoms with van der Waals surface area (Å²) in [6, 6.07) is 15.5.